The number of hydrogen-bond acceptors (Lipinski definition) is 4. The first-order valence-electron chi connectivity index (χ1n) is 9.33. The number of benzene rings is 1. The Kier molecular flexibility index (Phi) is 5.77. The summed E-state index contributed by atoms with van der Waals surface area (Å²) < 4.78 is 5.53. The summed E-state index contributed by atoms with van der Waals surface area (Å²) in [6.07, 6.45) is 1.65. The van der Waals surface area contributed by atoms with Gasteiger partial charge in [-0.3, -0.25) is 9.69 Å². The van der Waals surface area contributed by atoms with E-state index < -0.39 is 0 Å². The van der Waals surface area contributed by atoms with Gasteiger partial charge in [0.15, 0.2) is 0 Å². The van der Waals surface area contributed by atoms with Crippen LogP contribution in [0.1, 0.15) is 40.7 Å². The minimum Gasteiger partial charge on any atom is -0.392 e. The van der Waals surface area contributed by atoms with Gasteiger partial charge in [-0.1, -0.05) is 6.07 Å². The van der Waals surface area contributed by atoms with Gasteiger partial charge in [-0.25, -0.2) is 0 Å². The van der Waals surface area contributed by atoms with Gasteiger partial charge in [0.25, 0.3) is 5.91 Å². The first-order valence-corrected chi connectivity index (χ1v) is 9.33. The lowest BCUT2D eigenvalue weighted by Gasteiger charge is -2.36. The van der Waals surface area contributed by atoms with E-state index in [1.807, 2.05) is 4.90 Å². The van der Waals surface area contributed by atoms with E-state index in [2.05, 4.69) is 31.7 Å². The molecule has 2 heterocycles. The first-order chi connectivity index (χ1) is 12.0. The molecule has 2 fully saturated rings. The molecule has 1 amide bonds. The molecule has 2 aliphatic heterocycles. The number of aliphatic hydroxyl groups is 1. The van der Waals surface area contributed by atoms with Crippen molar-refractivity contribution >= 4 is 5.91 Å². The average molecular weight is 346 g/mol. The van der Waals surface area contributed by atoms with Gasteiger partial charge >= 0.3 is 0 Å². The van der Waals surface area contributed by atoms with Crippen LogP contribution in [0.15, 0.2) is 6.07 Å². The Morgan fingerprint density at radius 3 is 2.44 bits per heavy atom. The summed E-state index contributed by atoms with van der Waals surface area (Å²) in [5, 5.41) is 9.65. The molecule has 2 saturated heterocycles. The van der Waals surface area contributed by atoms with Crippen molar-refractivity contribution in [3.05, 3.63) is 33.9 Å². The van der Waals surface area contributed by atoms with Gasteiger partial charge < -0.3 is 14.7 Å². The largest absolute Gasteiger partial charge is 0.392 e. The number of aryl methyl sites for hydroxylation is 2. The summed E-state index contributed by atoms with van der Waals surface area (Å²) in [7, 11) is 0. The molecule has 1 atom stereocenters. The molecule has 0 radical (unpaired) electrons. The van der Waals surface area contributed by atoms with Crippen LogP contribution in [0.5, 0.6) is 0 Å². The molecular weight excluding hydrogens is 316 g/mol. The monoisotopic (exact) mass is 346 g/mol. The van der Waals surface area contributed by atoms with Crippen molar-refractivity contribution in [2.45, 2.75) is 52.9 Å². The van der Waals surface area contributed by atoms with Crippen LogP contribution in [-0.2, 0) is 22.7 Å². The third kappa shape index (κ3) is 3.89. The molecule has 25 heavy (non-hydrogen) atoms. The fraction of sp³-hybridized carbons (Fsp3) is 0.650. The molecule has 0 aliphatic carbocycles. The highest BCUT2D eigenvalue weighted by Gasteiger charge is 2.30. The number of rotatable bonds is 4. The van der Waals surface area contributed by atoms with Crippen molar-refractivity contribution in [2.24, 2.45) is 0 Å². The maximum absolute atomic E-state index is 12.4. The van der Waals surface area contributed by atoms with Crippen molar-refractivity contribution in [1.29, 1.82) is 0 Å². The van der Waals surface area contributed by atoms with Crippen LogP contribution in [0, 0.1) is 20.8 Å². The van der Waals surface area contributed by atoms with Crippen molar-refractivity contribution < 1.29 is 14.6 Å². The molecule has 3 rings (SSSR count). The van der Waals surface area contributed by atoms with E-state index in [-0.39, 0.29) is 18.6 Å². The van der Waals surface area contributed by atoms with Gasteiger partial charge in [0.05, 0.1) is 6.61 Å². The van der Waals surface area contributed by atoms with E-state index in [0.717, 1.165) is 63.3 Å². The van der Waals surface area contributed by atoms with Crippen molar-refractivity contribution in [3.8, 4) is 0 Å². The summed E-state index contributed by atoms with van der Waals surface area (Å²) >= 11 is 0. The van der Waals surface area contributed by atoms with E-state index in [9.17, 15) is 9.90 Å². The number of piperazine rings is 1. The van der Waals surface area contributed by atoms with Crippen molar-refractivity contribution in [3.63, 3.8) is 0 Å². The van der Waals surface area contributed by atoms with Gasteiger partial charge in [0.1, 0.15) is 6.10 Å². The summed E-state index contributed by atoms with van der Waals surface area (Å²) in [6.45, 7) is 11.3. The fourth-order valence-corrected chi connectivity index (χ4v) is 4.09. The van der Waals surface area contributed by atoms with Gasteiger partial charge in [-0.2, -0.15) is 0 Å². The average Bonchev–Trinajstić information content (AvgIpc) is 3.13. The number of nitrogens with zero attached hydrogens (tertiary/aromatic N) is 2. The van der Waals surface area contributed by atoms with E-state index >= 15 is 0 Å². The lowest BCUT2D eigenvalue weighted by Crippen LogP contribution is -2.51. The quantitative estimate of drug-likeness (QED) is 0.905. The van der Waals surface area contributed by atoms with Crippen LogP contribution in [0.2, 0.25) is 0 Å². The minimum atomic E-state index is -0.208. The van der Waals surface area contributed by atoms with Crippen molar-refractivity contribution in [2.75, 3.05) is 32.8 Å². The molecule has 1 aromatic carbocycles. The molecule has 0 aromatic heterocycles. The lowest BCUT2D eigenvalue weighted by molar-refractivity contribution is -0.142. The zero-order valence-electron chi connectivity index (χ0n) is 15.7. The van der Waals surface area contributed by atoms with E-state index in [4.69, 9.17) is 4.74 Å². The first kappa shape index (κ1) is 18.4. The van der Waals surface area contributed by atoms with Crippen LogP contribution >= 0.6 is 0 Å². The Balaban J connectivity index is 1.62. The summed E-state index contributed by atoms with van der Waals surface area (Å²) in [5.74, 6) is 0.169. The third-order valence-corrected chi connectivity index (χ3v) is 5.72. The SMILES string of the molecule is Cc1cc(C)c(CN2CCN(C(=O)C3CCCO3)CC2)c(C)c1CO. The Morgan fingerprint density at radius 2 is 1.84 bits per heavy atom. The number of carbonyl (C=O) groups is 1. The Hall–Kier alpha value is -1.43. The Bertz CT molecular complexity index is 630. The van der Waals surface area contributed by atoms with Crippen LogP contribution in [-0.4, -0.2) is 59.7 Å². The highest BCUT2D eigenvalue weighted by atomic mass is 16.5. The van der Waals surface area contributed by atoms with Crippen LogP contribution in [0.3, 0.4) is 0 Å². The predicted molar refractivity (Wildman–Crippen MR) is 97.4 cm³/mol. The Labute approximate surface area is 150 Å². The molecule has 5 nitrogen and oxygen atoms in total. The molecule has 1 N–H and O–H groups in total. The molecule has 1 aromatic rings. The standard InChI is InChI=1S/C20H30N2O3/c1-14-11-15(2)18(13-23)16(3)17(14)12-21-6-8-22(9-7-21)20(24)19-5-4-10-25-19/h11,19,23H,4-10,12-13H2,1-3H3. The highest BCUT2D eigenvalue weighted by Crippen LogP contribution is 2.24. The number of amides is 1. The third-order valence-electron chi connectivity index (χ3n) is 5.72. The molecule has 138 valence electrons. The second kappa shape index (κ2) is 7.85. The molecule has 0 saturated carbocycles. The lowest BCUT2D eigenvalue weighted by atomic mass is 9.93. The zero-order valence-corrected chi connectivity index (χ0v) is 15.7. The van der Waals surface area contributed by atoms with Crippen LogP contribution in [0.4, 0.5) is 0 Å². The topological polar surface area (TPSA) is 53.0 Å². The molecule has 2 aliphatic rings. The van der Waals surface area contributed by atoms with E-state index in [1.54, 1.807) is 0 Å². The molecule has 1 unspecified atom stereocenters. The predicted octanol–water partition coefficient (Wildman–Crippen LogP) is 1.93. The fourth-order valence-electron chi connectivity index (χ4n) is 4.09. The molecule has 0 bridgehead atoms. The van der Waals surface area contributed by atoms with Gasteiger partial charge in [0.2, 0.25) is 0 Å². The summed E-state index contributed by atoms with van der Waals surface area (Å²) in [6, 6.07) is 2.17. The molecule has 0 spiro atoms. The normalized spacial score (nSPS) is 21.8. The van der Waals surface area contributed by atoms with Gasteiger partial charge in [0, 0.05) is 39.3 Å². The second-order valence-electron chi connectivity index (χ2n) is 7.35. The maximum Gasteiger partial charge on any atom is 0.251 e. The van der Waals surface area contributed by atoms with Gasteiger partial charge in [-0.05, 0) is 61.4 Å². The Morgan fingerprint density at radius 1 is 1.16 bits per heavy atom. The highest BCUT2D eigenvalue weighted by molar-refractivity contribution is 5.81. The number of carbonyl (C=O) groups excluding carboxylic acids is 1. The number of hydrogen-bond donors (Lipinski definition) is 1. The van der Waals surface area contributed by atoms with Crippen molar-refractivity contribution in [1.82, 2.24) is 9.80 Å². The van der Waals surface area contributed by atoms with E-state index in [1.165, 1.54) is 16.7 Å². The maximum atomic E-state index is 12.4. The minimum absolute atomic E-state index is 0.0919. The van der Waals surface area contributed by atoms with E-state index in [0.29, 0.717) is 0 Å². The molecular formula is C20H30N2O3. The van der Waals surface area contributed by atoms with Crippen LogP contribution in [0.25, 0.3) is 0 Å². The number of ether oxygens (including phenoxy) is 1. The second-order valence-corrected chi connectivity index (χ2v) is 7.35. The molecule has 5 heteroatoms. The zero-order chi connectivity index (χ0) is 18.0. The smallest absolute Gasteiger partial charge is 0.251 e. The van der Waals surface area contributed by atoms with Gasteiger partial charge in [-0.15, -0.1) is 0 Å². The summed E-state index contributed by atoms with van der Waals surface area (Å²) in [4.78, 5) is 16.8. The number of aliphatic hydroxyl groups excluding tert-OH is 1. The van der Waals surface area contributed by atoms with Crippen LogP contribution < -0.4 is 0 Å². The summed E-state index contributed by atoms with van der Waals surface area (Å²) in [5.41, 5.74) is 6.01.